The van der Waals surface area contributed by atoms with Gasteiger partial charge in [-0.3, -0.25) is 23.6 Å². The lowest BCUT2D eigenvalue weighted by molar-refractivity contribution is -0.122. The molecule has 1 aliphatic heterocycles. The van der Waals surface area contributed by atoms with E-state index in [0.29, 0.717) is 38.5 Å². The van der Waals surface area contributed by atoms with Crippen LogP contribution in [-0.2, 0) is 18.9 Å². The molecule has 0 bridgehead atoms. The molecule has 0 aromatic carbocycles. The first-order valence-corrected chi connectivity index (χ1v) is 8.34. The van der Waals surface area contributed by atoms with E-state index in [4.69, 9.17) is 0 Å². The second kappa shape index (κ2) is 7.98. The number of anilines is 1. The molecule has 0 radical (unpaired) electrons. The van der Waals surface area contributed by atoms with Gasteiger partial charge < -0.3 is 10.2 Å². The summed E-state index contributed by atoms with van der Waals surface area (Å²) in [4.78, 5) is 40.1. The molecule has 1 saturated heterocycles. The number of nitriles is 1. The highest BCUT2D eigenvalue weighted by molar-refractivity contribution is 5.77. The first-order valence-electron chi connectivity index (χ1n) is 8.34. The number of rotatable bonds is 4. The Kier molecular flexibility index (Phi) is 5.98. The summed E-state index contributed by atoms with van der Waals surface area (Å²) in [6, 6.07) is 1.94. The van der Waals surface area contributed by atoms with E-state index in [1.807, 2.05) is 22.8 Å². The van der Waals surface area contributed by atoms with E-state index in [1.54, 1.807) is 7.05 Å². The number of likely N-dealkylation sites (N-methyl/N-ethyl adjacent to an activating group) is 1. The van der Waals surface area contributed by atoms with Crippen LogP contribution in [0.25, 0.3) is 0 Å². The molecule has 1 N–H and O–H groups in total. The first-order chi connectivity index (χ1) is 11.9. The number of aromatic nitrogens is 2. The van der Waals surface area contributed by atoms with E-state index >= 15 is 0 Å². The van der Waals surface area contributed by atoms with Crippen molar-refractivity contribution in [3.63, 3.8) is 0 Å². The lowest BCUT2D eigenvalue weighted by atomic mass is 10.2. The third-order valence-electron chi connectivity index (χ3n) is 4.37. The highest BCUT2D eigenvalue weighted by atomic mass is 16.2. The van der Waals surface area contributed by atoms with Gasteiger partial charge in [-0.05, 0) is 13.3 Å². The molecule has 0 atom stereocenters. The van der Waals surface area contributed by atoms with Crippen molar-refractivity contribution in [2.75, 3.05) is 44.2 Å². The molecule has 0 unspecified atom stereocenters. The van der Waals surface area contributed by atoms with Crippen LogP contribution in [0, 0.1) is 11.3 Å². The van der Waals surface area contributed by atoms with Crippen LogP contribution in [0.3, 0.4) is 0 Å². The van der Waals surface area contributed by atoms with Crippen LogP contribution in [0.2, 0.25) is 0 Å². The van der Waals surface area contributed by atoms with Crippen molar-refractivity contribution in [1.82, 2.24) is 19.4 Å². The highest BCUT2D eigenvalue weighted by Gasteiger charge is 2.24. The maximum Gasteiger partial charge on any atom is 0.332 e. The van der Waals surface area contributed by atoms with Gasteiger partial charge in [-0.1, -0.05) is 0 Å². The fraction of sp³-hybridized carbons (Fsp3) is 0.625. The predicted octanol–water partition coefficient (Wildman–Crippen LogP) is -1.40. The van der Waals surface area contributed by atoms with E-state index in [-0.39, 0.29) is 11.5 Å². The van der Waals surface area contributed by atoms with Crippen molar-refractivity contribution in [2.24, 2.45) is 14.1 Å². The molecule has 2 heterocycles. The summed E-state index contributed by atoms with van der Waals surface area (Å²) >= 11 is 0. The maximum atomic E-state index is 12.2. The van der Waals surface area contributed by atoms with Crippen LogP contribution in [0.5, 0.6) is 0 Å². The SMILES string of the molecule is CCNC(=O)CN1CCCN(c2c(C#N)c(=O)n(C)c(=O)n2C)CC1. The average molecular weight is 348 g/mol. The van der Waals surface area contributed by atoms with E-state index < -0.39 is 11.2 Å². The number of hydrogen-bond donors (Lipinski definition) is 1. The Hall–Kier alpha value is -2.60. The van der Waals surface area contributed by atoms with Crippen molar-refractivity contribution in [3.05, 3.63) is 26.4 Å². The quantitative estimate of drug-likeness (QED) is 0.718. The van der Waals surface area contributed by atoms with Gasteiger partial charge in [0.15, 0.2) is 5.56 Å². The third kappa shape index (κ3) is 3.91. The Balaban J connectivity index is 2.27. The molecule has 1 aliphatic rings. The topological polar surface area (TPSA) is 103 Å². The summed E-state index contributed by atoms with van der Waals surface area (Å²) in [5, 5.41) is 12.2. The smallest absolute Gasteiger partial charge is 0.332 e. The van der Waals surface area contributed by atoms with Gasteiger partial charge in [0.05, 0.1) is 6.54 Å². The highest BCUT2D eigenvalue weighted by Crippen LogP contribution is 2.17. The molecule has 9 heteroatoms. The molecule has 25 heavy (non-hydrogen) atoms. The maximum absolute atomic E-state index is 12.2. The fourth-order valence-corrected chi connectivity index (χ4v) is 3.10. The number of hydrogen-bond acceptors (Lipinski definition) is 6. The van der Waals surface area contributed by atoms with Gasteiger partial charge in [-0.2, -0.15) is 5.26 Å². The van der Waals surface area contributed by atoms with Crippen LogP contribution in [0.15, 0.2) is 9.59 Å². The van der Waals surface area contributed by atoms with Crippen LogP contribution in [0.1, 0.15) is 18.9 Å². The van der Waals surface area contributed by atoms with Crippen LogP contribution < -0.4 is 21.5 Å². The van der Waals surface area contributed by atoms with Crippen LogP contribution in [-0.4, -0.2) is 59.2 Å². The molecular formula is C16H24N6O3. The monoisotopic (exact) mass is 348 g/mol. The minimum absolute atomic E-state index is 0.0188. The van der Waals surface area contributed by atoms with Gasteiger partial charge in [0.1, 0.15) is 11.9 Å². The van der Waals surface area contributed by atoms with Crippen molar-refractivity contribution in [1.29, 1.82) is 5.26 Å². The van der Waals surface area contributed by atoms with Gasteiger partial charge in [0.2, 0.25) is 5.91 Å². The van der Waals surface area contributed by atoms with E-state index in [1.165, 1.54) is 11.6 Å². The normalized spacial score (nSPS) is 15.5. The van der Waals surface area contributed by atoms with Crippen LogP contribution >= 0.6 is 0 Å². The zero-order valence-corrected chi connectivity index (χ0v) is 14.9. The van der Waals surface area contributed by atoms with Crippen molar-refractivity contribution >= 4 is 11.7 Å². The second-order valence-electron chi connectivity index (χ2n) is 6.09. The number of amides is 1. The molecular weight excluding hydrogens is 324 g/mol. The zero-order valence-electron chi connectivity index (χ0n) is 14.9. The van der Waals surface area contributed by atoms with Crippen molar-refractivity contribution < 1.29 is 4.79 Å². The van der Waals surface area contributed by atoms with Crippen molar-refractivity contribution in [2.45, 2.75) is 13.3 Å². The zero-order chi connectivity index (χ0) is 18.6. The number of carbonyl (C=O) groups excluding carboxylic acids is 1. The van der Waals surface area contributed by atoms with Gasteiger partial charge in [-0.15, -0.1) is 0 Å². The molecule has 1 amide bonds. The Labute approximate surface area is 146 Å². The minimum atomic E-state index is -0.580. The molecule has 1 aromatic heterocycles. The summed E-state index contributed by atoms with van der Waals surface area (Å²) < 4.78 is 2.29. The Morgan fingerprint density at radius 1 is 1.16 bits per heavy atom. The second-order valence-corrected chi connectivity index (χ2v) is 6.09. The fourth-order valence-electron chi connectivity index (χ4n) is 3.10. The first kappa shape index (κ1) is 18.7. The average Bonchev–Trinajstić information content (AvgIpc) is 2.81. The molecule has 1 fully saturated rings. The van der Waals surface area contributed by atoms with Gasteiger partial charge in [0, 0.05) is 46.8 Å². The molecule has 0 spiro atoms. The third-order valence-corrected chi connectivity index (χ3v) is 4.37. The summed E-state index contributed by atoms with van der Waals surface area (Å²) in [6.07, 6.45) is 0.772. The van der Waals surface area contributed by atoms with E-state index in [2.05, 4.69) is 5.32 Å². The molecule has 0 saturated carbocycles. The van der Waals surface area contributed by atoms with Gasteiger partial charge in [0.25, 0.3) is 5.56 Å². The lowest BCUT2D eigenvalue weighted by Crippen LogP contribution is -2.44. The lowest BCUT2D eigenvalue weighted by Gasteiger charge is -2.26. The molecule has 0 aliphatic carbocycles. The summed E-state index contributed by atoms with van der Waals surface area (Å²) in [5.41, 5.74) is -1.06. The van der Waals surface area contributed by atoms with Gasteiger partial charge >= 0.3 is 5.69 Å². The van der Waals surface area contributed by atoms with E-state index in [9.17, 15) is 19.6 Å². The predicted molar refractivity (Wildman–Crippen MR) is 93.6 cm³/mol. The number of nitrogens with one attached hydrogen (secondary N) is 1. The van der Waals surface area contributed by atoms with Crippen molar-refractivity contribution in [3.8, 4) is 6.07 Å². The molecule has 9 nitrogen and oxygen atoms in total. The van der Waals surface area contributed by atoms with E-state index in [0.717, 1.165) is 17.5 Å². The standard InChI is InChI=1S/C16H24N6O3/c1-4-18-13(23)11-21-6-5-7-22(9-8-21)14-12(10-17)15(24)20(3)16(25)19(14)2/h4-9,11H2,1-3H3,(H,18,23). The molecule has 1 aromatic rings. The Morgan fingerprint density at radius 3 is 2.52 bits per heavy atom. The van der Waals surface area contributed by atoms with Gasteiger partial charge in [-0.25, -0.2) is 4.79 Å². The molecule has 136 valence electrons. The molecule has 2 rings (SSSR count). The number of carbonyl (C=O) groups is 1. The Bertz CT molecular complexity index is 804. The summed E-state index contributed by atoms with van der Waals surface area (Å²) in [5.74, 6) is 0.338. The summed E-state index contributed by atoms with van der Waals surface area (Å²) in [6.45, 7) is 5.30. The number of nitrogens with zero attached hydrogens (tertiary/aromatic N) is 5. The largest absolute Gasteiger partial charge is 0.355 e. The van der Waals surface area contributed by atoms with Crippen LogP contribution in [0.4, 0.5) is 5.82 Å². The summed E-state index contributed by atoms with van der Waals surface area (Å²) in [7, 11) is 2.93. The minimum Gasteiger partial charge on any atom is -0.355 e. The Morgan fingerprint density at radius 2 is 1.88 bits per heavy atom.